The first-order valence-corrected chi connectivity index (χ1v) is 9.41. The average Bonchev–Trinajstić information content (AvgIpc) is 2.71. The molecule has 10 nitrogen and oxygen atoms in total. The summed E-state index contributed by atoms with van der Waals surface area (Å²) in [5.41, 5.74) is -0.154. The minimum atomic E-state index is -1.77. The van der Waals surface area contributed by atoms with Gasteiger partial charge in [0.2, 0.25) is 12.1 Å². The Bertz CT molecular complexity index is 1080. The van der Waals surface area contributed by atoms with Crippen LogP contribution >= 0.6 is 0 Å². The number of fused-ring (bicyclic) bond motifs is 2. The third kappa shape index (κ3) is 3.34. The summed E-state index contributed by atoms with van der Waals surface area (Å²) in [6, 6.07) is 4.87. The first-order valence-electron chi connectivity index (χ1n) is 9.41. The van der Waals surface area contributed by atoms with Crippen molar-refractivity contribution in [1.82, 2.24) is 0 Å². The lowest BCUT2D eigenvalue weighted by molar-refractivity contribution is -0.277. The van der Waals surface area contributed by atoms with Crippen molar-refractivity contribution < 1.29 is 49.7 Å². The van der Waals surface area contributed by atoms with Gasteiger partial charge in [-0.3, -0.25) is 9.59 Å². The maximum atomic E-state index is 13.2. The number of rotatable bonds is 3. The lowest BCUT2D eigenvalue weighted by Gasteiger charge is -2.39. The van der Waals surface area contributed by atoms with E-state index in [0.717, 1.165) is 12.1 Å². The maximum absolute atomic E-state index is 13.2. The number of hydrogen-bond donors (Lipinski definition) is 6. The zero-order valence-electron chi connectivity index (χ0n) is 16.2. The van der Waals surface area contributed by atoms with E-state index in [1.165, 1.54) is 12.1 Å². The number of phenolic OH excluding ortho intramolecular Hbond substituents is 2. The van der Waals surface area contributed by atoms with Crippen LogP contribution in [0.4, 0.5) is 0 Å². The SMILES string of the molecule is Cc1cc(O)c2c(c1)C(=O)c1cc(O)cc(O[C@H]3O[C@@H](CO)[C@H](O)[C@@H](O)[C@@H]3O)c1C2=O. The van der Waals surface area contributed by atoms with Crippen molar-refractivity contribution in [2.24, 2.45) is 0 Å². The van der Waals surface area contributed by atoms with E-state index in [9.17, 15) is 40.2 Å². The number of aliphatic hydroxyl groups excluding tert-OH is 4. The molecule has 1 aliphatic carbocycles. The third-order valence-corrected chi connectivity index (χ3v) is 5.38. The topological polar surface area (TPSA) is 174 Å². The molecule has 2 aromatic carbocycles. The first kappa shape index (κ1) is 21.2. The molecule has 164 valence electrons. The Morgan fingerprint density at radius 2 is 1.58 bits per heavy atom. The lowest BCUT2D eigenvalue weighted by atomic mass is 9.82. The van der Waals surface area contributed by atoms with Gasteiger partial charge in [0.1, 0.15) is 41.7 Å². The highest BCUT2D eigenvalue weighted by Crippen LogP contribution is 2.40. The number of benzene rings is 2. The van der Waals surface area contributed by atoms with Crippen molar-refractivity contribution >= 4 is 11.6 Å². The average molecular weight is 432 g/mol. The number of ether oxygens (including phenoxy) is 2. The second-order valence-electron chi connectivity index (χ2n) is 7.55. The summed E-state index contributed by atoms with van der Waals surface area (Å²) in [5.74, 6) is -2.53. The van der Waals surface area contributed by atoms with E-state index in [0.29, 0.717) is 5.56 Å². The van der Waals surface area contributed by atoms with E-state index in [-0.39, 0.29) is 28.0 Å². The van der Waals surface area contributed by atoms with Gasteiger partial charge in [0.05, 0.1) is 17.7 Å². The molecular formula is C21H20O10. The van der Waals surface area contributed by atoms with Crippen molar-refractivity contribution in [1.29, 1.82) is 0 Å². The molecule has 1 saturated heterocycles. The van der Waals surface area contributed by atoms with Gasteiger partial charge in [-0.15, -0.1) is 0 Å². The van der Waals surface area contributed by atoms with Crippen molar-refractivity contribution in [2.75, 3.05) is 6.61 Å². The van der Waals surface area contributed by atoms with Crippen LogP contribution in [0.2, 0.25) is 0 Å². The fraction of sp³-hybridized carbons (Fsp3) is 0.333. The van der Waals surface area contributed by atoms with E-state index in [1.54, 1.807) is 6.92 Å². The maximum Gasteiger partial charge on any atom is 0.229 e. The fourth-order valence-corrected chi connectivity index (χ4v) is 3.85. The second-order valence-corrected chi connectivity index (χ2v) is 7.55. The summed E-state index contributed by atoms with van der Waals surface area (Å²) in [7, 11) is 0. The molecule has 4 rings (SSSR count). The summed E-state index contributed by atoms with van der Waals surface area (Å²) in [6.07, 6.45) is -8.02. The summed E-state index contributed by atoms with van der Waals surface area (Å²) < 4.78 is 10.8. The molecule has 0 aromatic heterocycles. The van der Waals surface area contributed by atoms with Gasteiger partial charge >= 0.3 is 0 Å². The molecule has 0 saturated carbocycles. The first-order chi connectivity index (χ1) is 14.6. The lowest BCUT2D eigenvalue weighted by Crippen LogP contribution is -2.60. The van der Waals surface area contributed by atoms with Crippen LogP contribution in [0.5, 0.6) is 17.2 Å². The van der Waals surface area contributed by atoms with Gasteiger partial charge in [0.25, 0.3) is 0 Å². The number of aliphatic hydroxyl groups is 4. The molecular weight excluding hydrogens is 412 g/mol. The Labute approximate surface area is 175 Å². The summed E-state index contributed by atoms with van der Waals surface area (Å²) in [6.45, 7) is 0.949. The fourth-order valence-electron chi connectivity index (χ4n) is 3.85. The minimum absolute atomic E-state index is 0.0283. The van der Waals surface area contributed by atoms with E-state index in [2.05, 4.69) is 0 Å². The van der Waals surface area contributed by atoms with Gasteiger partial charge < -0.3 is 40.1 Å². The molecule has 2 aliphatic rings. The number of aromatic hydroxyl groups is 2. The molecule has 0 amide bonds. The molecule has 5 atom stereocenters. The van der Waals surface area contributed by atoms with Gasteiger partial charge in [0, 0.05) is 17.2 Å². The van der Waals surface area contributed by atoms with E-state index >= 15 is 0 Å². The molecule has 0 bridgehead atoms. The van der Waals surface area contributed by atoms with Gasteiger partial charge in [0.15, 0.2) is 5.78 Å². The number of phenols is 2. The Kier molecular flexibility index (Phi) is 5.20. The van der Waals surface area contributed by atoms with Crippen molar-refractivity contribution in [3.63, 3.8) is 0 Å². The van der Waals surface area contributed by atoms with Gasteiger partial charge in [-0.1, -0.05) is 0 Å². The zero-order valence-corrected chi connectivity index (χ0v) is 16.2. The molecule has 1 aliphatic heterocycles. The summed E-state index contributed by atoms with van der Waals surface area (Å²) in [5, 5.41) is 59.8. The van der Waals surface area contributed by atoms with Gasteiger partial charge in [-0.25, -0.2) is 0 Å². The molecule has 0 radical (unpaired) electrons. The molecule has 31 heavy (non-hydrogen) atoms. The van der Waals surface area contributed by atoms with Crippen LogP contribution in [0.15, 0.2) is 24.3 Å². The third-order valence-electron chi connectivity index (χ3n) is 5.38. The van der Waals surface area contributed by atoms with Crippen LogP contribution < -0.4 is 4.74 Å². The summed E-state index contributed by atoms with van der Waals surface area (Å²) >= 11 is 0. The van der Waals surface area contributed by atoms with Crippen molar-refractivity contribution in [3.05, 3.63) is 52.1 Å². The highest BCUT2D eigenvalue weighted by Gasteiger charge is 2.45. The van der Waals surface area contributed by atoms with Crippen LogP contribution in [-0.4, -0.2) is 79.5 Å². The monoisotopic (exact) mass is 432 g/mol. The Hall–Kier alpha value is -3.02. The molecule has 6 N–H and O–H groups in total. The van der Waals surface area contributed by atoms with Crippen molar-refractivity contribution in [3.8, 4) is 17.2 Å². The predicted molar refractivity (Wildman–Crippen MR) is 102 cm³/mol. The number of carbonyl (C=O) groups excluding carboxylic acids is 2. The van der Waals surface area contributed by atoms with Gasteiger partial charge in [-0.2, -0.15) is 0 Å². The Morgan fingerprint density at radius 1 is 0.903 bits per heavy atom. The standard InChI is InChI=1S/C21H20O10/c1-7-2-9-14(11(24)3-7)18(27)15-10(16(9)25)4-8(23)5-12(15)30-21-20(29)19(28)17(26)13(6-22)31-21/h2-5,13,17,19-24,26,28-29H,6H2,1H3/t13-,17-,19+,20-,21-/m0/s1. The van der Waals surface area contributed by atoms with Crippen molar-refractivity contribution in [2.45, 2.75) is 37.6 Å². The van der Waals surface area contributed by atoms with Crippen LogP contribution in [0, 0.1) is 6.92 Å². The Morgan fingerprint density at radius 3 is 2.26 bits per heavy atom. The van der Waals surface area contributed by atoms with Crippen LogP contribution in [-0.2, 0) is 4.74 Å². The molecule has 1 heterocycles. The number of carbonyl (C=O) groups is 2. The van der Waals surface area contributed by atoms with E-state index < -0.39 is 60.4 Å². The highest BCUT2D eigenvalue weighted by atomic mass is 16.7. The normalized spacial score (nSPS) is 27.6. The molecule has 2 aromatic rings. The highest BCUT2D eigenvalue weighted by molar-refractivity contribution is 6.30. The van der Waals surface area contributed by atoms with E-state index in [4.69, 9.17) is 9.47 Å². The number of aryl methyl sites for hydroxylation is 1. The minimum Gasteiger partial charge on any atom is -0.508 e. The van der Waals surface area contributed by atoms with Gasteiger partial charge in [-0.05, 0) is 30.7 Å². The summed E-state index contributed by atoms with van der Waals surface area (Å²) in [4.78, 5) is 26.2. The quantitative estimate of drug-likeness (QED) is 0.312. The smallest absolute Gasteiger partial charge is 0.229 e. The largest absolute Gasteiger partial charge is 0.508 e. The number of ketones is 2. The molecule has 10 heteroatoms. The molecule has 1 fully saturated rings. The molecule has 0 unspecified atom stereocenters. The number of hydrogen-bond acceptors (Lipinski definition) is 10. The van der Waals surface area contributed by atoms with E-state index in [1.807, 2.05) is 0 Å². The second kappa shape index (κ2) is 7.59. The van der Waals surface area contributed by atoms with Crippen LogP contribution in [0.25, 0.3) is 0 Å². The zero-order chi connectivity index (χ0) is 22.6. The predicted octanol–water partition coefficient (Wildman–Crippen LogP) is -0.640. The molecule has 0 spiro atoms. The van der Waals surface area contributed by atoms with Crippen LogP contribution in [0.3, 0.4) is 0 Å². The van der Waals surface area contributed by atoms with Crippen LogP contribution in [0.1, 0.15) is 37.4 Å². The Balaban J connectivity index is 1.79.